The fourth-order valence-electron chi connectivity index (χ4n) is 5.29. The molecule has 3 aliphatic rings. The Balaban J connectivity index is 1.64. The van der Waals surface area contributed by atoms with Crippen LogP contribution in [0.15, 0.2) is 23.1 Å². The van der Waals surface area contributed by atoms with Gasteiger partial charge in [0.1, 0.15) is 23.5 Å². The van der Waals surface area contributed by atoms with Crippen molar-refractivity contribution in [2.75, 3.05) is 6.54 Å². The number of nitrogens with one attached hydrogen (secondary N) is 2. The molecule has 11 heteroatoms. The molecule has 1 saturated heterocycles. The Morgan fingerprint density at radius 3 is 2.43 bits per heavy atom. The molecular formula is C24H35N3O7S. The van der Waals surface area contributed by atoms with Crippen molar-refractivity contribution in [1.29, 1.82) is 0 Å². The van der Waals surface area contributed by atoms with E-state index in [4.69, 9.17) is 4.74 Å². The lowest BCUT2D eigenvalue weighted by Crippen LogP contribution is -2.55. The number of amides is 2. The van der Waals surface area contributed by atoms with Gasteiger partial charge in [0.2, 0.25) is 10.0 Å². The van der Waals surface area contributed by atoms with Crippen molar-refractivity contribution in [2.45, 2.75) is 99.9 Å². The van der Waals surface area contributed by atoms with Gasteiger partial charge in [-0.05, 0) is 64.2 Å². The molecule has 194 valence electrons. The van der Waals surface area contributed by atoms with Crippen molar-refractivity contribution >= 4 is 22.0 Å². The maximum atomic E-state index is 13.4. The molecule has 0 radical (unpaired) electrons. The predicted molar refractivity (Wildman–Crippen MR) is 128 cm³/mol. The van der Waals surface area contributed by atoms with Gasteiger partial charge < -0.3 is 25.6 Å². The lowest BCUT2D eigenvalue weighted by atomic mass is 9.86. The van der Waals surface area contributed by atoms with E-state index in [2.05, 4.69) is 10.6 Å². The zero-order chi connectivity index (χ0) is 25.4. The lowest BCUT2D eigenvalue weighted by Gasteiger charge is -2.42. The number of carboxylic acid groups (broad SMARTS) is 1. The third kappa shape index (κ3) is 5.26. The molecule has 1 aromatic carbocycles. The molecule has 0 aromatic heterocycles. The normalized spacial score (nSPS) is 27.3. The van der Waals surface area contributed by atoms with Crippen LogP contribution in [0.2, 0.25) is 0 Å². The summed E-state index contributed by atoms with van der Waals surface area (Å²) in [4.78, 5) is 24.4. The Labute approximate surface area is 206 Å². The van der Waals surface area contributed by atoms with Gasteiger partial charge >= 0.3 is 12.0 Å². The number of benzene rings is 1. The Kier molecular flexibility index (Phi) is 7.31. The molecule has 3 atom stereocenters. The third-order valence-corrected chi connectivity index (χ3v) is 9.19. The third-order valence-electron chi connectivity index (χ3n) is 7.29. The molecule has 1 saturated carbocycles. The van der Waals surface area contributed by atoms with Crippen molar-refractivity contribution < 1.29 is 33.0 Å². The second-order valence-corrected chi connectivity index (χ2v) is 12.1. The summed E-state index contributed by atoms with van der Waals surface area (Å²) in [5.41, 5.74) is -0.696. The predicted octanol–water partition coefficient (Wildman–Crippen LogP) is 2.52. The van der Waals surface area contributed by atoms with Crippen LogP contribution in [-0.2, 0) is 14.8 Å². The van der Waals surface area contributed by atoms with E-state index >= 15 is 0 Å². The number of hydrogen-bond donors (Lipinski definition) is 4. The topological polar surface area (TPSA) is 145 Å². The van der Waals surface area contributed by atoms with Crippen LogP contribution in [0.1, 0.15) is 76.8 Å². The highest BCUT2D eigenvalue weighted by atomic mass is 32.2. The van der Waals surface area contributed by atoms with Crippen molar-refractivity contribution in [1.82, 2.24) is 14.9 Å². The number of aliphatic hydroxyl groups is 1. The van der Waals surface area contributed by atoms with Crippen LogP contribution in [0.3, 0.4) is 0 Å². The number of fused-ring (bicyclic) bond motifs is 1. The Hall–Kier alpha value is -2.37. The maximum Gasteiger partial charge on any atom is 0.322 e. The van der Waals surface area contributed by atoms with Crippen LogP contribution >= 0.6 is 0 Å². The molecule has 2 heterocycles. The van der Waals surface area contributed by atoms with Crippen LogP contribution in [-0.4, -0.2) is 65.3 Å². The number of sulfonamides is 1. The summed E-state index contributed by atoms with van der Waals surface area (Å²) in [6.45, 7) is 3.52. The number of piperidine rings is 1. The molecule has 35 heavy (non-hydrogen) atoms. The molecule has 0 bridgehead atoms. The largest absolute Gasteiger partial charge is 0.485 e. The second-order valence-electron chi connectivity index (χ2n) is 10.2. The van der Waals surface area contributed by atoms with Gasteiger partial charge in [-0.3, -0.25) is 4.79 Å². The molecule has 10 nitrogen and oxygen atoms in total. The zero-order valence-electron chi connectivity index (χ0n) is 20.2. The van der Waals surface area contributed by atoms with Crippen LogP contribution in [0.25, 0.3) is 0 Å². The number of rotatable bonds is 5. The smallest absolute Gasteiger partial charge is 0.322 e. The number of ether oxygens (including phenoxy) is 1. The number of hydrogen-bond acceptors (Lipinski definition) is 6. The molecule has 1 unspecified atom stereocenters. The Morgan fingerprint density at radius 2 is 1.74 bits per heavy atom. The van der Waals surface area contributed by atoms with Gasteiger partial charge in [0, 0.05) is 18.2 Å². The first-order valence-corrected chi connectivity index (χ1v) is 13.8. The molecule has 2 amide bonds. The maximum absolute atomic E-state index is 13.4. The van der Waals surface area contributed by atoms with Crippen LogP contribution in [0.4, 0.5) is 4.79 Å². The lowest BCUT2D eigenvalue weighted by molar-refractivity contribution is -0.142. The molecule has 1 aliphatic carbocycles. The summed E-state index contributed by atoms with van der Waals surface area (Å²) in [5.74, 6) is -0.818. The molecule has 4 rings (SSSR count). The summed E-state index contributed by atoms with van der Waals surface area (Å²) in [7, 11) is -4.12. The molecule has 4 N–H and O–H groups in total. The minimum atomic E-state index is -4.12. The van der Waals surface area contributed by atoms with E-state index in [9.17, 15) is 28.2 Å². The molecule has 0 spiro atoms. The van der Waals surface area contributed by atoms with E-state index in [1.165, 1.54) is 18.2 Å². The minimum Gasteiger partial charge on any atom is -0.485 e. The van der Waals surface area contributed by atoms with E-state index in [1.54, 1.807) is 13.8 Å². The van der Waals surface area contributed by atoms with Crippen LogP contribution < -0.4 is 15.4 Å². The number of aliphatic hydroxyl groups excluding tert-OH is 1. The number of carbonyl (C=O) groups is 2. The number of urea groups is 1. The number of carboxylic acids is 1. The van der Waals surface area contributed by atoms with Gasteiger partial charge in [-0.2, -0.15) is 4.31 Å². The highest BCUT2D eigenvalue weighted by Crippen LogP contribution is 2.41. The van der Waals surface area contributed by atoms with Gasteiger partial charge in [-0.25, -0.2) is 13.2 Å². The summed E-state index contributed by atoms with van der Waals surface area (Å²) >= 11 is 0. The van der Waals surface area contributed by atoms with Crippen molar-refractivity contribution in [3.05, 3.63) is 23.8 Å². The highest BCUT2D eigenvalue weighted by molar-refractivity contribution is 7.89. The summed E-state index contributed by atoms with van der Waals surface area (Å²) < 4.78 is 33.9. The van der Waals surface area contributed by atoms with Crippen molar-refractivity contribution in [2.24, 2.45) is 0 Å². The standard InChI is InChI=1S/C24H35N3O7S/c1-24(2)21(28)20(26-23(31)25-15-8-4-3-5-9-15)17-14-16(11-12-19(17)34-24)35(32,33)27-13-7-6-10-18(27)22(29)30/h11-12,14-15,18,20-21,28H,3-10,13H2,1-2H3,(H,29,30)(H2,25,26,31)/t18?,20-,21+/m1/s1. The Bertz CT molecular complexity index is 1070. The van der Waals surface area contributed by atoms with E-state index in [-0.39, 0.29) is 23.9 Å². The first-order chi connectivity index (χ1) is 16.5. The highest BCUT2D eigenvalue weighted by Gasteiger charge is 2.45. The molecule has 2 aliphatic heterocycles. The molecular weight excluding hydrogens is 474 g/mol. The fourth-order valence-corrected chi connectivity index (χ4v) is 6.97. The van der Waals surface area contributed by atoms with E-state index in [0.29, 0.717) is 24.2 Å². The molecule has 1 aromatic rings. The number of aliphatic carboxylic acids is 1. The van der Waals surface area contributed by atoms with E-state index in [1.807, 2.05) is 0 Å². The van der Waals surface area contributed by atoms with Crippen molar-refractivity contribution in [3.8, 4) is 5.75 Å². The van der Waals surface area contributed by atoms with Gasteiger partial charge in [0.25, 0.3) is 0 Å². The van der Waals surface area contributed by atoms with Gasteiger partial charge in [-0.1, -0.05) is 19.3 Å². The SMILES string of the molecule is CC1(C)Oc2ccc(S(=O)(=O)N3CCCCC3C(=O)O)cc2[C@@H](NC(=O)NC2CCCCC2)[C@@H]1O. The summed E-state index contributed by atoms with van der Waals surface area (Å²) in [6, 6.07) is 1.86. The monoisotopic (exact) mass is 509 g/mol. The van der Waals surface area contributed by atoms with E-state index in [0.717, 1.165) is 36.4 Å². The zero-order valence-corrected chi connectivity index (χ0v) is 21.0. The summed E-state index contributed by atoms with van der Waals surface area (Å²) in [5, 5.41) is 26.4. The van der Waals surface area contributed by atoms with Crippen molar-refractivity contribution in [3.63, 3.8) is 0 Å². The number of nitrogens with zero attached hydrogens (tertiary/aromatic N) is 1. The second kappa shape index (κ2) is 9.94. The molecule has 2 fully saturated rings. The van der Waals surface area contributed by atoms with Gasteiger partial charge in [0.05, 0.1) is 10.9 Å². The number of carbonyl (C=O) groups excluding carboxylic acids is 1. The minimum absolute atomic E-state index is 0.0620. The summed E-state index contributed by atoms with van der Waals surface area (Å²) in [6.07, 6.45) is 5.37. The Morgan fingerprint density at radius 1 is 1.06 bits per heavy atom. The quantitative estimate of drug-likeness (QED) is 0.477. The van der Waals surface area contributed by atoms with Gasteiger partial charge in [-0.15, -0.1) is 0 Å². The average molecular weight is 510 g/mol. The van der Waals surface area contributed by atoms with Crippen LogP contribution in [0.5, 0.6) is 5.75 Å². The van der Waals surface area contributed by atoms with E-state index < -0.39 is 45.8 Å². The first-order valence-electron chi connectivity index (χ1n) is 12.3. The van der Waals surface area contributed by atoms with Crippen LogP contribution in [0, 0.1) is 0 Å². The fraction of sp³-hybridized carbons (Fsp3) is 0.667. The first kappa shape index (κ1) is 25.7. The average Bonchev–Trinajstić information content (AvgIpc) is 2.82. The van der Waals surface area contributed by atoms with Gasteiger partial charge in [0.15, 0.2) is 0 Å².